The fraction of sp³-hybridized carbons (Fsp3) is 0.200. The zero-order valence-electron chi connectivity index (χ0n) is 11.6. The molecule has 4 nitrogen and oxygen atoms in total. The lowest BCUT2D eigenvalue weighted by Gasteiger charge is -2.24. The van der Waals surface area contributed by atoms with Crippen LogP contribution in [0.1, 0.15) is 23.0 Å². The average Bonchev–Trinajstić information content (AvgIpc) is 2.44. The normalized spacial score (nSPS) is 13.5. The predicted octanol–water partition coefficient (Wildman–Crippen LogP) is 2.14. The molecule has 1 aromatic heterocycles. The van der Waals surface area contributed by atoms with Crippen molar-refractivity contribution in [2.75, 3.05) is 6.54 Å². The highest BCUT2D eigenvalue weighted by Gasteiger charge is 2.27. The Hall–Kier alpha value is -2.41. The number of aliphatic hydroxyl groups is 1. The Kier molecular flexibility index (Phi) is 4.46. The molecule has 0 bridgehead atoms. The maximum Gasteiger partial charge on any atom is 0.270 e. The lowest BCUT2D eigenvalue weighted by atomic mass is 9.95. The Morgan fingerprint density at radius 1 is 1.27 bits per heavy atom. The summed E-state index contributed by atoms with van der Waals surface area (Å²) in [6, 6.07) is 6.43. The standard InChI is InChI=1S/C15H13F3N2O2/c1-15(22,10-6-5-9(16)7-11(10)17)8-19-14(21)12-3-2-4-13(18)20-12/h2-7,22H,8H2,1H3,(H,19,21). The molecule has 22 heavy (non-hydrogen) atoms. The van der Waals surface area contributed by atoms with Gasteiger partial charge in [0.05, 0.1) is 6.54 Å². The number of nitrogens with one attached hydrogen (secondary N) is 1. The van der Waals surface area contributed by atoms with Gasteiger partial charge in [-0.1, -0.05) is 12.1 Å². The quantitative estimate of drug-likeness (QED) is 0.851. The predicted molar refractivity (Wildman–Crippen MR) is 72.5 cm³/mol. The van der Waals surface area contributed by atoms with E-state index < -0.39 is 29.1 Å². The number of pyridine rings is 1. The first-order chi connectivity index (χ1) is 10.3. The number of rotatable bonds is 4. The highest BCUT2D eigenvalue weighted by molar-refractivity contribution is 5.92. The zero-order valence-corrected chi connectivity index (χ0v) is 11.6. The number of benzene rings is 1. The van der Waals surface area contributed by atoms with E-state index in [0.29, 0.717) is 6.07 Å². The number of hydrogen-bond acceptors (Lipinski definition) is 3. The number of aromatic nitrogens is 1. The maximum absolute atomic E-state index is 13.7. The molecule has 1 amide bonds. The summed E-state index contributed by atoms with van der Waals surface area (Å²) in [6.45, 7) is 0.912. The first kappa shape index (κ1) is 16.0. The van der Waals surface area contributed by atoms with Gasteiger partial charge < -0.3 is 10.4 Å². The molecular weight excluding hydrogens is 297 g/mol. The van der Waals surface area contributed by atoms with Gasteiger partial charge in [0.2, 0.25) is 5.95 Å². The van der Waals surface area contributed by atoms with Crippen LogP contribution in [-0.4, -0.2) is 22.5 Å². The van der Waals surface area contributed by atoms with Crippen LogP contribution >= 0.6 is 0 Å². The maximum atomic E-state index is 13.7. The lowest BCUT2D eigenvalue weighted by molar-refractivity contribution is 0.0493. The van der Waals surface area contributed by atoms with Crippen LogP contribution in [-0.2, 0) is 5.60 Å². The molecule has 1 atom stereocenters. The minimum Gasteiger partial charge on any atom is -0.383 e. The van der Waals surface area contributed by atoms with Gasteiger partial charge in [-0.3, -0.25) is 4.79 Å². The van der Waals surface area contributed by atoms with E-state index >= 15 is 0 Å². The van der Waals surface area contributed by atoms with Crippen molar-refractivity contribution in [1.29, 1.82) is 0 Å². The van der Waals surface area contributed by atoms with Crippen LogP contribution in [0.3, 0.4) is 0 Å². The average molecular weight is 310 g/mol. The molecule has 7 heteroatoms. The van der Waals surface area contributed by atoms with Crippen LogP contribution in [0.4, 0.5) is 13.2 Å². The third kappa shape index (κ3) is 3.62. The summed E-state index contributed by atoms with van der Waals surface area (Å²) in [7, 11) is 0. The van der Waals surface area contributed by atoms with E-state index in [1.54, 1.807) is 0 Å². The highest BCUT2D eigenvalue weighted by Crippen LogP contribution is 2.23. The van der Waals surface area contributed by atoms with Gasteiger partial charge in [-0.2, -0.15) is 4.39 Å². The van der Waals surface area contributed by atoms with Crippen molar-refractivity contribution in [3.8, 4) is 0 Å². The largest absolute Gasteiger partial charge is 0.383 e. The molecule has 0 fully saturated rings. The first-order valence-corrected chi connectivity index (χ1v) is 6.38. The lowest BCUT2D eigenvalue weighted by Crippen LogP contribution is -2.39. The van der Waals surface area contributed by atoms with Gasteiger partial charge in [0.25, 0.3) is 5.91 Å². The van der Waals surface area contributed by atoms with E-state index in [-0.39, 0.29) is 17.8 Å². The number of hydrogen-bond donors (Lipinski definition) is 2. The van der Waals surface area contributed by atoms with E-state index in [0.717, 1.165) is 18.2 Å². The van der Waals surface area contributed by atoms with E-state index in [4.69, 9.17) is 0 Å². The minimum absolute atomic E-state index is 0.165. The van der Waals surface area contributed by atoms with Crippen LogP contribution < -0.4 is 5.32 Å². The molecule has 1 unspecified atom stereocenters. The number of amides is 1. The van der Waals surface area contributed by atoms with Crippen LogP contribution in [0.15, 0.2) is 36.4 Å². The Bertz CT molecular complexity index is 705. The van der Waals surface area contributed by atoms with Crippen LogP contribution in [0.2, 0.25) is 0 Å². The molecule has 116 valence electrons. The summed E-state index contributed by atoms with van der Waals surface area (Å²) in [5.41, 5.74) is -2.10. The molecule has 0 saturated heterocycles. The van der Waals surface area contributed by atoms with Gasteiger partial charge in [0, 0.05) is 11.6 Å². The number of nitrogens with zero attached hydrogens (tertiary/aromatic N) is 1. The van der Waals surface area contributed by atoms with Crippen molar-refractivity contribution < 1.29 is 23.1 Å². The summed E-state index contributed by atoms with van der Waals surface area (Å²) in [4.78, 5) is 15.2. The Morgan fingerprint density at radius 2 is 2.00 bits per heavy atom. The number of carbonyl (C=O) groups excluding carboxylic acids is 1. The number of carbonyl (C=O) groups is 1. The van der Waals surface area contributed by atoms with E-state index in [2.05, 4.69) is 10.3 Å². The van der Waals surface area contributed by atoms with Crippen molar-refractivity contribution in [3.05, 3.63) is 65.2 Å². The molecule has 0 spiro atoms. The SMILES string of the molecule is CC(O)(CNC(=O)c1cccc(F)n1)c1ccc(F)cc1F. The molecule has 2 rings (SSSR count). The fourth-order valence-corrected chi connectivity index (χ4v) is 1.90. The summed E-state index contributed by atoms with van der Waals surface area (Å²) in [5.74, 6) is -3.24. The van der Waals surface area contributed by atoms with E-state index in [1.807, 2.05) is 0 Å². The third-order valence-electron chi connectivity index (χ3n) is 3.05. The van der Waals surface area contributed by atoms with Crippen molar-refractivity contribution in [1.82, 2.24) is 10.3 Å². The topological polar surface area (TPSA) is 62.2 Å². The molecule has 1 aromatic carbocycles. The van der Waals surface area contributed by atoms with Crippen LogP contribution in [0.25, 0.3) is 0 Å². The summed E-state index contributed by atoms with van der Waals surface area (Å²) >= 11 is 0. The van der Waals surface area contributed by atoms with Gasteiger partial charge in [-0.25, -0.2) is 13.8 Å². The van der Waals surface area contributed by atoms with E-state index in [1.165, 1.54) is 19.1 Å². The molecule has 0 aliphatic rings. The second-order valence-electron chi connectivity index (χ2n) is 4.93. The molecular formula is C15H13F3N2O2. The summed E-state index contributed by atoms with van der Waals surface area (Å²) in [6.07, 6.45) is 0. The second-order valence-corrected chi connectivity index (χ2v) is 4.93. The Labute approximate surface area is 124 Å². The fourth-order valence-electron chi connectivity index (χ4n) is 1.90. The second kappa shape index (κ2) is 6.15. The zero-order chi connectivity index (χ0) is 16.3. The van der Waals surface area contributed by atoms with Crippen LogP contribution in [0, 0.1) is 17.6 Å². The first-order valence-electron chi connectivity index (χ1n) is 6.38. The highest BCUT2D eigenvalue weighted by atomic mass is 19.1. The van der Waals surface area contributed by atoms with Gasteiger partial charge in [-0.15, -0.1) is 0 Å². The molecule has 2 N–H and O–H groups in total. The van der Waals surface area contributed by atoms with Gasteiger partial charge in [-0.05, 0) is 25.1 Å². The van der Waals surface area contributed by atoms with Crippen molar-refractivity contribution in [3.63, 3.8) is 0 Å². The molecule has 0 aliphatic heterocycles. The molecule has 0 radical (unpaired) electrons. The molecule has 0 saturated carbocycles. The van der Waals surface area contributed by atoms with Gasteiger partial charge in [0.1, 0.15) is 22.9 Å². The summed E-state index contributed by atoms with van der Waals surface area (Å²) < 4.78 is 39.5. The summed E-state index contributed by atoms with van der Waals surface area (Å²) in [5, 5.41) is 12.6. The van der Waals surface area contributed by atoms with Crippen molar-refractivity contribution >= 4 is 5.91 Å². The molecule has 2 aromatic rings. The monoisotopic (exact) mass is 310 g/mol. The molecule has 1 heterocycles. The van der Waals surface area contributed by atoms with Crippen LogP contribution in [0.5, 0.6) is 0 Å². The minimum atomic E-state index is -1.76. The van der Waals surface area contributed by atoms with Gasteiger partial charge >= 0.3 is 0 Å². The van der Waals surface area contributed by atoms with Crippen molar-refractivity contribution in [2.24, 2.45) is 0 Å². The third-order valence-corrected chi connectivity index (χ3v) is 3.05. The smallest absolute Gasteiger partial charge is 0.270 e. The van der Waals surface area contributed by atoms with Gasteiger partial charge in [0.15, 0.2) is 0 Å². The van der Waals surface area contributed by atoms with Crippen molar-refractivity contribution in [2.45, 2.75) is 12.5 Å². The Balaban J connectivity index is 2.10. The Morgan fingerprint density at radius 3 is 2.64 bits per heavy atom. The van der Waals surface area contributed by atoms with E-state index in [9.17, 15) is 23.1 Å². The number of halogens is 3. The molecule has 0 aliphatic carbocycles.